The standard InChI is InChI=1S/C8H9F6NO3/c1-3(6(17)18)2-15-5(16)4(7(9,10)11)8(12,13)14/h3-4H,2H2,1H3,(H,15,16)(H,17,18). The van der Waals surface area contributed by atoms with E-state index in [1.165, 1.54) is 5.32 Å². The molecule has 0 spiro atoms. The van der Waals surface area contributed by atoms with Crippen LogP contribution in [0.3, 0.4) is 0 Å². The molecule has 0 saturated heterocycles. The van der Waals surface area contributed by atoms with Crippen molar-refractivity contribution >= 4 is 11.9 Å². The fraction of sp³-hybridized carbons (Fsp3) is 0.750. The monoisotopic (exact) mass is 281 g/mol. The van der Waals surface area contributed by atoms with Crippen molar-refractivity contribution in [2.45, 2.75) is 19.3 Å². The molecule has 106 valence electrons. The van der Waals surface area contributed by atoms with E-state index in [2.05, 4.69) is 0 Å². The third kappa shape index (κ3) is 4.80. The zero-order chi connectivity index (χ0) is 14.7. The second-order valence-electron chi connectivity index (χ2n) is 3.50. The first-order chi connectivity index (χ1) is 7.87. The van der Waals surface area contributed by atoms with E-state index < -0.39 is 42.6 Å². The van der Waals surface area contributed by atoms with Crippen LogP contribution < -0.4 is 5.32 Å². The molecule has 4 nitrogen and oxygen atoms in total. The number of carbonyl (C=O) groups excluding carboxylic acids is 1. The molecule has 1 unspecified atom stereocenters. The van der Waals surface area contributed by atoms with E-state index in [4.69, 9.17) is 5.11 Å². The number of carboxylic acids is 1. The number of carboxylic acid groups (broad SMARTS) is 1. The highest BCUT2D eigenvalue weighted by Gasteiger charge is 2.61. The highest BCUT2D eigenvalue weighted by molar-refractivity contribution is 5.81. The summed E-state index contributed by atoms with van der Waals surface area (Å²) in [5.74, 6) is -9.23. The topological polar surface area (TPSA) is 66.4 Å². The number of aliphatic carboxylic acids is 1. The number of hydrogen-bond donors (Lipinski definition) is 2. The lowest BCUT2D eigenvalue weighted by Crippen LogP contribution is -2.49. The molecule has 0 aliphatic rings. The molecule has 0 radical (unpaired) electrons. The molecule has 0 bridgehead atoms. The number of rotatable bonds is 4. The molecule has 0 aromatic heterocycles. The maximum Gasteiger partial charge on any atom is 0.409 e. The summed E-state index contributed by atoms with van der Waals surface area (Å²) in [6, 6.07) is 0. The van der Waals surface area contributed by atoms with Crippen LogP contribution in [0.4, 0.5) is 26.3 Å². The SMILES string of the molecule is CC(CNC(=O)C(C(F)(F)F)C(F)(F)F)C(=O)O. The van der Waals surface area contributed by atoms with Crippen LogP contribution >= 0.6 is 0 Å². The minimum absolute atomic E-state index is 0.823. The van der Waals surface area contributed by atoms with Gasteiger partial charge >= 0.3 is 18.3 Å². The molecule has 1 atom stereocenters. The van der Waals surface area contributed by atoms with Crippen LogP contribution in [0.1, 0.15) is 6.92 Å². The summed E-state index contributed by atoms with van der Waals surface area (Å²) in [6.07, 6.45) is -11.6. The molecule has 0 saturated carbocycles. The van der Waals surface area contributed by atoms with E-state index in [9.17, 15) is 35.9 Å². The number of nitrogens with one attached hydrogen (secondary N) is 1. The Balaban J connectivity index is 4.76. The highest BCUT2D eigenvalue weighted by atomic mass is 19.4. The van der Waals surface area contributed by atoms with Gasteiger partial charge in [0.15, 0.2) is 0 Å². The van der Waals surface area contributed by atoms with Crippen molar-refractivity contribution in [3.63, 3.8) is 0 Å². The largest absolute Gasteiger partial charge is 0.481 e. The second-order valence-corrected chi connectivity index (χ2v) is 3.50. The molecule has 0 aliphatic heterocycles. The predicted molar refractivity (Wildman–Crippen MR) is 45.4 cm³/mol. The third-order valence-electron chi connectivity index (χ3n) is 1.92. The van der Waals surface area contributed by atoms with Gasteiger partial charge in [-0.3, -0.25) is 9.59 Å². The lowest BCUT2D eigenvalue weighted by Gasteiger charge is -2.22. The molecule has 10 heteroatoms. The van der Waals surface area contributed by atoms with Crippen molar-refractivity contribution in [2.75, 3.05) is 6.54 Å². The van der Waals surface area contributed by atoms with Gasteiger partial charge in [-0.05, 0) is 0 Å². The summed E-state index contributed by atoms with van der Waals surface area (Å²) in [6.45, 7) is 0.204. The Kier molecular flexibility index (Phi) is 4.99. The van der Waals surface area contributed by atoms with E-state index in [1.54, 1.807) is 0 Å². The number of alkyl halides is 6. The van der Waals surface area contributed by atoms with Gasteiger partial charge in [0.25, 0.3) is 0 Å². The van der Waals surface area contributed by atoms with Crippen molar-refractivity contribution < 1.29 is 41.0 Å². The van der Waals surface area contributed by atoms with Crippen LogP contribution in [-0.2, 0) is 9.59 Å². The highest BCUT2D eigenvalue weighted by Crippen LogP contribution is 2.39. The summed E-state index contributed by atoms with van der Waals surface area (Å²) in [5, 5.41) is 9.67. The molecule has 0 aliphatic carbocycles. The first-order valence-corrected chi connectivity index (χ1v) is 4.51. The van der Waals surface area contributed by atoms with Gasteiger partial charge in [-0.1, -0.05) is 6.92 Å². The Hall–Kier alpha value is -1.48. The van der Waals surface area contributed by atoms with E-state index >= 15 is 0 Å². The van der Waals surface area contributed by atoms with Gasteiger partial charge in [0.1, 0.15) is 0 Å². The minimum Gasteiger partial charge on any atom is -0.481 e. The molecular formula is C8H9F6NO3. The van der Waals surface area contributed by atoms with E-state index in [0.29, 0.717) is 0 Å². The maximum atomic E-state index is 12.1. The predicted octanol–water partition coefficient (Wildman–Crippen LogP) is 1.56. The van der Waals surface area contributed by atoms with Crippen molar-refractivity contribution in [3.05, 3.63) is 0 Å². The summed E-state index contributed by atoms with van der Waals surface area (Å²) in [5.41, 5.74) is 0. The van der Waals surface area contributed by atoms with Crippen LogP contribution in [0.5, 0.6) is 0 Å². The number of hydrogen-bond acceptors (Lipinski definition) is 2. The summed E-state index contributed by atoms with van der Waals surface area (Å²) in [4.78, 5) is 21.1. The average molecular weight is 281 g/mol. The van der Waals surface area contributed by atoms with Crippen molar-refractivity contribution in [1.29, 1.82) is 0 Å². The van der Waals surface area contributed by atoms with Crippen LogP contribution in [-0.4, -0.2) is 35.9 Å². The van der Waals surface area contributed by atoms with Crippen molar-refractivity contribution in [1.82, 2.24) is 5.32 Å². The second kappa shape index (κ2) is 5.44. The molecule has 0 aromatic rings. The van der Waals surface area contributed by atoms with Gasteiger partial charge in [-0.2, -0.15) is 26.3 Å². The zero-order valence-electron chi connectivity index (χ0n) is 8.89. The molecule has 2 N–H and O–H groups in total. The van der Waals surface area contributed by atoms with Gasteiger partial charge in [-0.25, -0.2) is 0 Å². The van der Waals surface area contributed by atoms with Crippen molar-refractivity contribution in [2.24, 2.45) is 11.8 Å². The molecule has 18 heavy (non-hydrogen) atoms. The smallest absolute Gasteiger partial charge is 0.409 e. The molecule has 0 fully saturated rings. The Labute approximate surface area is 97.0 Å². The Morgan fingerprint density at radius 2 is 1.50 bits per heavy atom. The lowest BCUT2D eigenvalue weighted by molar-refractivity contribution is -0.274. The number of halogens is 6. The zero-order valence-corrected chi connectivity index (χ0v) is 8.89. The van der Waals surface area contributed by atoms with Gasteiger partial charge in [0, 0.05) is 6.54 Å². The molecular weight excluding hydrogens is 272 g/mol. The summed E-state index contributed by atoms with van der Waals surface area (Å²) >= 11 is 0. The van der Waals surface area contributed by atoms with E-state index in [-0.39, 0.29) is 0 Å². The van der Waals surface area contributed by atoms with Gasteiger partial charge in [0.05, 0.1) is 5.92 Å². The van der Waals surface area contributed by atoms with Gasteiger partial charge in [0.2, 0.25) is 11.8 Å². The summed E-state index contributed by atoms with van der Waals surface area (Å²) in [7, 11) is 0. The lowest BCUT2D eigenvalue weighted by atomic mass is 10.1. The van der Waals surface area contributed by atoms with E-state index in [0.717, 1.165) is 6.92 Å². The average Bonchev–Trinajstić information content (AvgIpc) is 2.08. The summed E-state index contributed by atoms with van der Waals surface area (Å²) < 4.78 is 72.3. The fourth-order valence-corrected chi connectivity index (χ4v) is 0.926. The Morgan fingerprint density at radius 3 is 1.78 bits per heavy atom. The van der Waals surface area contributed by atoms with Gasteiger partial charge < -0.3 is 10.4 Å². The van der Waals surface area contributed by atoms with Crippen LogP contribution in [0, 0.1) is 11.8 Å². The Bertz CT molecular complexity index is 310. The minimum atomic E-state index is -5.78. The fourth-order valence-electron chi connectivity index (χ4n) is 0.926. The molecule has 1 amide bonds. The van der Waals surface area contributed by atoms with Gasteiger partial charge in [-0.15, -0.1) is 0 Å². The van der Waals surface area contributed by atoms with E-state index in [1.807, 2.05) is 0 Å². The quantitative estimate of drug-likeness (QED) is 0.769. The molecule has 0 rings (SSSR count). The number of amides is 1. The number of carbonyl (C=O) groups is 2. The normalized spacial score (nSPS) is 14.4. The third-order valence-corrected chi connectivity index (χ3v) is 1.92. The first-order valence-electron chi connectivity index (χ1n) is 4.51. The van der Waals surface area contributed by atoms with Crippen LogP contribution in [0.25, 0.3) is 0 Å². The maximum absolute atomic E-state index is 12.1. The van der Waals surface area contributed by atoms with Crippen LogP contribution in [0.2, 0.25) is 0 Å². The van der Waals surface area contributed by atoms with Crippen molar-refractivity contribution in [3.8, 4) is 0 Å². The van der Waals surface area contributed by atoms with Crippen LogP contribution in [0.15, 0.2) is 0 Å². The molecule has 0 aromatic carbocycles. The Morgan fingerprint density at radius 1 is 1.11 bits per heavy atom. The first kappa shape index (κ1) is 16.5. The molecule has 0 heterocycles.